The van der Waals surface area contributed by atoms with Gasteiger partial charge in [0.25, 0.3) is 0 Å². The summed E-state index contributed by atoms with van der Waals surface area (Å²) >= 11 is 0. The molecule has 0 amide bonds. The van der Waals surface area contributed by atoms with Crippen LogP contribution < -0.4 is 5.73 Å². The fourth-order valence-electron chi connectivity index (χ4n) is 3.59. The minimum Gasteiger partial charge on any atom is -0.327 e. The van der Waals surface area contributed by atoms with E-state index in [1.54, 1.807) is 0 Å². The van der Waals surface area contributed by atoms with Crippen molar-refractivity contribution in [3.05, 3.63) is 0 Å². The lowest BCUT2D eigenvalue weighted by molar-refractivity contribution is 0.0163. The lowest BCUT2D eigenvalue weighted by atomic mass is 9.61. The minimum absolute atomic E-state index is 0.398. The van der Waals surface area contributed by atoms with E-state index in [-0.39, 0.29) is 0 Å². The Morgan fingerprint density at radius 3 is 2.35 bits per heavy atom. The number of nitrogens with two attached hydrogens (primary N) is 1. The highest BCUT2D eigenvalue weighted by atomic mass is 15.1. The molecule has 2 saturated carbocycles. The summed E-state index contributed by atoms with van der Waals surface area (Å²) in [5.41, 5.74) is 6.63. The van der Waals surface area contributed by atoms with Crippen LogP contribution in [0.1, 0.15) is 52.9 Å². The number of hydrogen-bond acceptors (Lipinski definition) is 2. The maximum Gasteiger partial charge on any atom is 0.00923 e. The first-order chi connectivity index (χ1) is 7.93. The fraction of sp³-hybridized carbons (Fsp3) is 1.00. The van der Waals surface area contributed by atoms with Crippen LogP contribution in [0.4, 0.5) is 0 Å². The molecule has 2 heteroatoms. The van der Waals surface area contributed by atoms with Crippen molar-refractivity contribution in [3.8, 4) is 0 Å². The van der Waals surface area contributed by atoms with Crippen molar-refractivity contribution in [3.63, 3.8) is 0 Å². The van der Waals surface area contributed by atoms with Crippen molar-refractivity contribution >= 4 is 0 Å². The van der Waals surface area contributed by atoms with Gasteiger partial charge in [-0.25, -0.2) is 0 Å². The summed E-state index contributed by atoms with van der Waals surface area (Å²) < 4.78 is 0. The normalized spacial score (nSPS) is 38.1. The van der Waals surface area contributed by atoms with Crippen molar-refractivity contribution in [1.82, 2.24) is 4.90 Å². The van der Waals surface area contributed by atoms with Crippen LogP contribution in [-0.4, -0.2) is 30.6 Å². The van der Waals surface area contributed by atoms with Crippen LogP contribution in [0.25, 0.3) is 0 Å². The molecule has 3 unspecified atom stereocenters. The van der Waals surface area contributed by atoms with Gasteiger partial charge in [0.2, 0.25) is 0 Å². The lowest BCUT2D eigenvalue weighted by Crippen LogP contribution is -2.51. The van der Waals surface area contributed by atoms with E-state index in [1.165, 1.54) is 38.6 Å². The Labute approximate surface area is 107 Å². The molecule has 0 aromatic heterocycles. The average molecular weight is 238 g/mol. The molecule has 0 aromatic rings. The monoisotopic (exact) mass is 238 g/mol. The second-order valence-electron chi connectivity index (χ2n) is 7.07. The molecule has 2 nitrogen and oxygen atoms in total. The van der Waals surface area contributed by atoms with Crippen LogP contribution in [0, 0.1) is 17.3 Å². The van der Waals surface area contributed by atoms with E-state index in [1.807, 2.05) is 0 Å². The zero-order valence-electron chi connectivity index (χ0n) is 12.1. The second kappa shape index (κ2) is 4.89. The number of hydrogen-bond donors (Lipinski definition) is 1. The molecule has 0 spiro atoms. The molecule has 0 aliphatic heterocycles. The summed E-state index contributed by atoms with van der Waals surface area (Å²) in [4.78, 5) is 2.61. The first-order valence-electron chi connectivity index (χ1n) is 7.38. The summed E-state index contributed by atoms with van der Waals surface area (Å²) in [6.07, 6.45) is 6.80. The lowest BCUT2D eigenvalue weighted by Gasteiger charge is -2.49. The van der Waals surface area contributed by atoms with Crippen LogP contribution in [0.2, 0.25) is 0 Å². The summed E-state index contributed by atoms with van der Waals surface area (Å²) in [6, 6.07) is 1.28. The highest BCUT2D eigenvalue weighted by Gasteiger charge is 2.42. The molecular weight excluding hydrogens is 208 g/mol. The van der Waals surface area contributed by atoms with E-state index in [9.17, 15) is 0 Å². The van der Waals surface area contributed by atoms with Gasteiger partial charge in [-0.1, -0.05) is 27.2 Å². The Bertz CT molecular complexity index is 258. The van der Waals surface area contributed by atoms with Gasteiger partial charge in [0.05, 0.1) is 0 Å². The topological polar surface area (TPSA) is 29.3 Å². The zero-order valence-corrected chi connectivity index (χ0v) is 12.1. The average Bonchev–Trinajstić information content (AvgIpc) is 2.17. The second-order valence-corrected chi connectivity index (χ2v) is 7.07. The first-order valence-corrected chi connectivity index (χ1v) is 7.38. The summed E-state index contributed by atoms with van der Waals surface area (Å²) in [5, 5.41) is 0. The Morgan fingerprint density at radius 2 is 1.82 bits per heavy atom. The van der Waals surface area contributed by atoms with E-state index in [0.29, 0.717) is 17.4 Å². The molecule has 0 radical (unpaired) electrons. The zero-order chi connectivity index (χ0) is 12.6. The fourth-order valence-corrected chi connectivity index (χ4v) is 3.59. The molecule has 0 saturated heterocycles. The predicted molar refractivity (Wildman–Crippen MR) is 73.9 cm³/mol. The quantitative estimate of drug-likeness (QED) is 0.819. The van der Waals surface area contributed by atoms with Gasteiger partial charge < -0.3 is 10.6 Å². The standard InChI is InChI=1S/C15H30N2/c1-11-14(16)9-8-12(15(11,2)3)10-17(4)13-6-5-7-13/h11-14H,5-10,16H2,1-4H3. The molecule has 0 aromatic carbocycles. The highest BCUT2D eigenvalue weighted by Crippen LogP contribution is 2.45. The molecule has 2 aliphatic carbocycles. The third kappa shape index (κ3) is 2.53. The van der Waals surface area contributed by atoms with Gasteiger partial charge in [-0.05, 0) is 50.0 Å². The Kier molecular flexibility index (Phi) is 3.84. The van der Waals surface area contributed by atoms with Crippen LogP contribution in [-0.2, 0) is 0 Å². The van der Waals surface area contributed by atoms with E-state index in [2.05, 4.69) is 32.7 Å². The van der Waals surface area contributed by atoms with Gasteiger partial charge in [-0.3, -0.25) is 0 Å². The highest BCUT2D eigenvalue weighted by molar-refractivity contribution is 4.95. The molecule has 2 aliphatic rings. The van der Waals surface area contributed by atoms with Gasteiger partial charge >= 0.3 is 0 Å². The van der Waals surface area contributed by atoms with Crippen molar-refractivity contribution in [2.24, 2.45) is 23.0 Å². The van der Waals surface area contributed by atoms with E-state index < -0.39 is 0 Å². The number of rotatable bonds is 3. The molecule has 0 bridgehead atoms. The summed E-state index contributed by atoms with van der Waals surface area (Å²) in [5.74, 6) is 1.47. The molecular formula is C15H30N2. The molecule has 2 N–H and O–H groups in total. The van der Waals surface area contributed by atoms with Crippen LogP contribution in [0.15, 0.2) is 0 Å². The molecule has 2 fully saturated rings. The molecule has 0 heterocycles. The van der Waals surface area contributed by atoms with Gasteiger partial charge in [-0.15, -0.1) is 0 Å². The largest absolute Gasteiger partial charge is 0.327 e. The van der Waals surface area contributed by atoms with E-state index in [4.69, 9.17) is 5.73 Å². The maximum absolute atomic E-state index is 6.23. The number of nitrogens with zero attached hydrogens (tertiary/aromatic N) is 1. The third-order valence-electron chi connectivity index (χ3n) is 5.92. The molecule has 17 heavy (non-hydrogen) atoms. The van der Waals surface area contributed by atoms with Crippen LogP contribution in [0.3, 0.4) is 0 Å². The predicted octanol–water partition coefficient (Wildman–Crippen LogP) is 2.87. The SMILES string of the molecule is CC1C(N)CCC(CN(C)C2CCC2)C1(C)C. The molecule has 3 atom stereocenters. The van der Waals surface area contributed by atoms with Crippen LogP contribution in [0.5, 0.6) is 0 Å². The first kappa shape index (κ1) is 13.4. The van der Waals surface area contributed by atoms with Crippen molar-refractivity contribution in [2.45, 2.75) is 65.0 Å². The molecule has 100 valence electrons. The maximum atomic E-state index is 6.23. The Balaban J connectivity index is 1.95. The van der Waals surface area contributed by atoms with Gasteiger partial charge in [0.15, 0.2) is 0 Å². The van der Waals surface area contributed by atoms with Crippen molar-refractivity contribution in [2.75, 3.05) is 13.6 Å². The molecule has 2 rings (SSSR count). The van der Waals surface area contributed by atoms with E-state index in [0.717, 1.165) is 12.0 Å². The Morgan fingerprint density at radius 1 is 1.18 bits per heavy atom. The van der Waals surface area contributed by atoms with Gasteiger partial charge in [0, 0.05) is 18.6 Å². The Hall–Kier alpha value is -0.0800. The summed E-state index contributed by atoms with van der Waals surface area (Å²) in [7, 11) is 2.32. The van der Waals surface area contributed by atoms with Crippen LogP contribution >= 0.6 is 0 Å². The van der Waals surface area contributed by atoms with Gasteiger partial charge in [-0.2, -0.15) is 0 Å². The van der Waals surface area contributed by atoms with Crippen molar-refractivity contribution < 1.29 is 0 Å². The van der Waals surface area contributed by atoms with E-state index >= 15 is 0 Å². The smallest absolute Gasteiger partial charge is 0.00923 e. The third-order valence-corrected chi connectivity index (χ3v) is 5.92. The van der Waals surface area contributed by atoms with Gasteiger partial charge in [0.1, 0.15) is 0 Å². The summed E-state index contributed by atoms with van der Waals surface area (Å²) in [6.45, 7) is 8.47. The van der Waals surface area contributed by atoms with Crippen molar-refractivity contribution in [1.29, 1.82) is 0 Å². The minimum atomic E-state index is 0.398.